The molecule has 0 heterocycles. The van der Waals surface area contributed by atoms with E-state index in [9.17, 15) is 4.79 Å². The predicted molar refractivity (Wildman–Crippen MR) is 90.4 cm³/mol. The van der Waals surface area contributed by atoms with Gasteiger partial charge < -0.3 is 16.0 Å². The van der Waals surface area contributed by atoms with Gasteiger partial charge in [-0.15, -0.1) is 11.8 Å². The number of hydrogen-bond donors (Lipinski definition) is 2. The molecule has 0 atom stereocenters. The Morgan fingerprint density at radius 3 is 2.38 bits per heavy atom. The SMILES string of the molecule is CSc1ccc(Nc2cc(C(=O)N(C)C)ccc2N)cc1. The van der Waals surface area contributed by atoms with Crippen LogP contribution in [0.1, 0.15) is 10.4 Å². The van der Waals surface area contributed by atoms with Crippen LogP contribution in [0.3, 0.4) is 0 Å². The largest absolute Gasteiger partial charge is 0.397 e. The maximum absolute atomic E-state index is 12.0. The molecule has 110 valence electrons. The zero-order valence-electron chi connectivity index (χ0n) is 12.4. The summed E-state index contributed by atoms with van der Waals surface area (Å²) in [6.07, 6.45) is 2.04. The second-order valence-corrected chi connectivity index (χ2v) is 5.73. The van der Waals surface area contributed by atoms with Crippen molar-refractivity contribution in [2.24, 2.45) is 0 Å². The molecule has 0 saturated carbocycles. The van der Waals surface area contributed by atoms with Gasteiger partial charge in [-0.3, -0.25) is 4.79 Å². The van der Waals surface area contributed by atoms with Gasteiger partial charge in [0.1, 0.15) is 0 Å². The Morgan fingerprint density at radius 2 is 1.81 bits per heavy atom. The number of hydrogen-bond acceptors (Lipinski definition) is 4. The predicted octanol–water partition coefficient (Wildman–Crippen LogP) is 3.44. The van der Waals surface area contributed by atoms with Gasteiger partial charge in [0.05, 0.1) is 11.4 Å². The number of nitrogens with zero attached hydrogens (tertiary/aromatic N) is 1. The lowest BCUT2D eigenvalue weighted by Crippen LogP contribution is -2.21. The van der Waals surface area contributed by atoms with E-state index in [0.29, 0.717) is 11.3 Å². The van der Waals surface area contributed by atoms with Gasteiger partial charge in [-0.25, -0.2) is 0 Å². The minimum atomic E-state index is -0.0456. The third-order valence-corrected chi connectivity index (χ3v) is 3.82. The second kappa shape index (κ2) is 6.54. The van der Waals surface area contributed by atoms with Crippen LogP contribution in [0.15, 0.2) is 47.4 Å². The molecular weight excluding hydrogens is 282 g/mol. The molecule has 4 nitrogen and oxygen atoms in total. The molecule has 0 fully saturated rings. The average molecular weight is 301 g/mol. The number of thioether (sulfide) groups is 1. The fraction of sp³-hybridized carbons (Fsp3) is 0.188. The Labute approximate surface area is 129 Å². The van der Waals surface area contributed by atoms with Crippen LogP contribution >= 0.6 is 11.8 Å². The van der Waals surface area contributed by atoms with Gasteiger partial charge >= 0.3 is 0 Å². The van der Waals surface area contributed by atoms with Crippen LogP contribution in [-0.2, 0) is 0 Å². The third kappa shape index (κ3) is 3.70. The van der Waals surface area contributed by atoms with Crippen LogP contribution in [-0.4, -0.2) is 31.2 Å². The van der Waals surface area contributed by atoms with Gasteiger partial charge in [-0.1, -0.05) is 0 Å². The number of rotatable bonds is 4. The molecule has 0 aliphatic rings. The standard InChI is InChI=1S/C16H19N3OS/c1-19(2)16(20)11-4-9-14(17)15(10-11)18-12-5-7-13(21-3)8-6-12/h4-10,18H,17H2,1-3H3. The first-order valence-electron chi connectivity index (χ1n) is 6.53. The number of nitrogen functional groups attached to an aromatic ring is 1. The fourth-order valence-corrected chi connectivity index (χ4v) is 2.29. The molecule has 3 N–H and O–H groups in total. The highest BCUT2D eigenvalue weighted by atomic mass is 32.2. The van der Waals surface area contributed by atoms with E-state index in [0.717, 1.165) is 11.4 Å². The Kier molecular flexibility index (Phi) is 4.75. The minimum Gasteiger partial charge on any atom is -0.397 e. The van der Waals surface area contributed by atoms with E-state index in [4.69, 9.17) is 5.73 Å². The van der Waals surface area contributed by atoms with E-state index in [1.54, 1.807) is 49.0 Å². The number of nitrogens with two attached hydrogens (primary N) is 1. The van der Waals surface area contributed by atoms with Gasteiger partial charge in [0.2, 0.25) is 0 Å². The van der Waals surface area contributed by atoms with E-state index in [1.165, 1.54) is 4.90 Å². The molecule has 0 spiro atoms. The average Bonchev–Trinajstić information content (AvgIpc) is 2.49. The topological polar surface area (TPSA) is 58.4 Å². The highest BCUT2D eigenvalue weighted by Crippen LogP contribution is 2.26. The summed E-state index contributed by atoms with van der Waals surface area (Å²) in [5.74, 6) is -0.0456. The smallest absolute Gasteiger partial charge is 0.253 e. The molecule has 0 aromatic heterocycles. The van der Waals surface area contributed by atoms with Crippen LogP contribution in [0.4, 0.5) is 17.1 Å². The number of amides is 1. The van der Waals surface area contributed by atoms with Crippen molar-refractivity contribution in [3.8, 4) is 0 Å². The van der Waals surface area contributed by atoms with Crippen LogP contribution in [0, 0.1) is 0 Å². The number of benzene rings is 2. The maximum Gasteiger partial charge on any atom is 0.253 e. The molecule has 0 saturated heterocycles. The van der Waals surface area contributed by atoms with Gasteiger partial charge in [0.15, 0.2) is 0 Å². The highest BCUT2D eigenvalue weighted by molar-refractivity contribution is 7.98. The minimum absolute atomic E-state index is 0.0456. The third-order valence-electron chi connectivity index (χ3n) is 3.08. The zero-order valence-corrected chi connectivity index (χ0v) is 13.2. The number of carbonyl (C=O) groups excluding carboxylic acids is 1. The van der Waals surface area contributed by atoms with Crippen molar-refractivity contribution in [1.82, 2.24) is 4.90 Å². The number of nitrogens with one attached hydrogen (secondary N) is 1. The summed E-state index contributed by atoms with van der Waals surface area (Å²) >= 11 is 1.69. The number of carbonyl (C=O) groups is 1. The number of anilines is 3. The molecule has 0 unspecified atom stereocenters. The first kappa shape index (κ1) is 15.3. The van der Waals surface area contributed by atoms with Crippen LogP contribution in [0.25, 0.3) is 0 Å². The molecule has 2 rings (SSSR count). The summed E-state index contributed by atoms with van der Waals surface area (Å²) in [6, 6.07) is 13.3. The molecule has 2 aromatic rings. The molecule has 0 bridgehead atoms. The molecule has 2 aromatic carbocycles. The van der Waals surface area contributed by atoms with E-state index in [1.807, 2.05) is 30.5 Å². The van der Waals surface area contributed by atoms with Crippen LogP contribution in [0.2, 0.25) is 0 Å². The summed E-state index contributed by atoms with van der Waals surface area (Å²) in [5.41, 5.74) is 8.87. The maximum atomic E-state index is 12.0. The van der Waals surface area contributed by atoms with Crippen molar-refractivity contribution in [2.45, 2.75) is 4.90 Å². The van der Waals surface area contributed by atoms with E-state index >= 15 is 0 Å². The molecule has 0 radical (unpaired) electrons. The summed E-state index contributed by atoms with van der Waals surface area (Å²) in [7, 11) is 3.46. The molecule has 0 aliphatic heterocycles. The van der Waals surface area contributed by atoms with Gasteiger partial charge in [-0.2, -0.15) is 0 Å². The van der Waals surface area contributed by atoms with E-state index in [-0.39, 0.29) is 5.91 Å². The van der Waals surface area contributed by atoms with Crippen molar-refractivity contribution in [3.05, 3.63) is 48.0 Å². The molecule has 1 amide bonds. The fourth-order valence-electron chi connectivity index (χ4n) is 1.89. The summed E-state index contributed by atoms with van der Waals surface area (Å²) in [5, 5.41) is 3.25. The van der Waals surface area contributed by atoms with Crippen molar-refractivity contribution in [2.75, 3.05) is 31.4 Å². The van der Waals surface area contributed by atoms with E-state index in [2.05, 4.69) is 5.32 Å². The highest BCUT2D eigenvalue weighted by Gasteiger charge is 2.10. The lowest BCUT2D eigenvalue weighted by Gasteiger charge is -2.14. The second-order valence-electron chi connectivity index (χ2n) is 4.86. The summed E-state index contributed by atoms with van der Waals surface area (Å²) in [6.45, 7) is 0. The lowest BCUT2D eigenvalue weighted by molar-refractivity contribution is 0.0827. The summed E-state index contributed by atoms with van der Waals surface area (Å²) in [4.78, 5) is 14.7. The van der Waals surface area contributed by atoms with Crippen molar-refractivity contribution in [3.63, 3.8) is 0 Å². The Bertz CT molecular complexity index is 638. The first-order valence-corrected chi connectivity index (χ1v) is 7.76. The molecule has 0 aliphatic carbocycles. The molecule has 21 heavy (non-hydrogen) atoms. The van der Waals surface area contributed by atoms with E-state index < -0.39 is 0 Å². The van der Waals surface area contributed by atoms with Crippen LogP contribution < -0.4 is 11.1 Å². The van der Waals surface area contributed by atoms with Crippen molar-refractivity contribution < 1.29 is 4.79 Å². The van der Waals surface area contributed by atoms with Crippen molar-refractivity contribution >= 4 is 34.7 Å². The lowest BCUT2D eigenvalue weighted by atomic mass is 10.1. The molecular formula is C16H19N3OS. The van der Waals surface area contributed by atoms with Gasteiger partial charge in [0, 0.05) is 30.2 Å². The first-order chi connectivity index (χ1) is 10.0. The Hall–Kier alpha value is -2.14. The summed E-state index contributed by atoms with van der Waals surface area (Å²) < 4.78 is 0. The van der Waals surface area contributed by atoms with Crippen LogP contribution in [0.5, 0.6) is 0 Å². The molecule has 5 heteroatoms. The monoisotopic (exact) mass is 301 g/mol. The zero-order chi connectivity index (χ0) is 15.4. The van der Waals surface area contributed by atoms with Crippen molar-refractivity contribution in [1.29, 1.82) is 0 Å². The van der Waals surface area contributed by atoms with Gasteiger partial charge in [0.25, 0.3) is 5.91 Å². The quantitative estimate of drug-likeness (QED) is 0.671. The normalized spacial score (nSPS) is 10.2. The van der Waals surface area contributed by atoms with Gasteiger partial charge in [-0.05, 0) is 48.7 Å². The Balaban J connectivity index is 2.26. The Morgan fingerprint density at radius 1 is 1.14 bits per heavy atom.